The third-order valence-electron chi connectivity index (χ3n) is 4.70. The van der Waals surface area contributed by atoms with Crippen LogP contribution in [0.2, 0.25) is 0 Å². The zero-order valence-corrected chi connectivity index (χ0v) is 13.1. The van der Waals surface area contributed by atoms with Crippen LogP contribution in [0.5, 0.6) is 0 Å². The Hall–Kier alpha value is -2.48. The maximum absolute atomic E-state index is 12.2. The third-order valence-corrected chi connectivity index (χ3v) is 4.70. The number of β-lactam (4-membered cyclic amide) rings is 1. The van der Waals surface area contributed by atoms with Gasteiger partial charge in [0.1, 0.15) is 12.6 Å². The molecule has 2 fully saturated rings. The van der Waals surface area contributed by atoms with Crippen molar-refractivity contribution < 1.29 is 24.4 Å². The van der Waals surface area contributed by atoms with Gasteiger partial charge in [-0.3, -0.25) is 14.9 Å². The van der Waals surface area contributed by atoms with Gasteiger partial charge < -0.3 is 14.7 Å². The molecular formula is C16H18N2O6. The summed E-state index contributed by atoms with van der Waals surface area (Å²) >= 11 is 0. The first kappa shape index (κ1) is 16.4. The van der Waals surface area contributed by atoms with Gasteiger partial charge in [0, 0.05) is 18.2 Å². The van der Waals surface area contributed by atoms with Crippen LogP contribution in [-0.4, -0.2) is 45.0 Å². The number of carbonyl (C=O) groups excluding carboxylic acids is 2. The molecule has 2 saturated heterocycles. The van der Waals surface area contributed by atoms with E-state index in [1.54, 1.807) is 6.92 Å². The van der Waals surface area contributed by atoms with Gasteiger partial charge in [-0.25, -0.2) is 4.79 Å². The number of nitro benzene ring substituents is 1. The fourth-order valence-corrected chi connectivity index (χ4v) is 3.49. The SMILES string of the molecule is C[C@@H](O)[C@H]1C(=O)N2[C@@H](C(=O)OCc3ccc([N+](=O)[O-])cc3)CC[C@H]12. The van der Waals surface area contributed by atoms with Crippen LogP contribution >= 0.6 is 0 Å². The van der Waals surface area contributed by atoms with Crippen molar-refractivity contribution in [2.75, 3.05) is 0 Å². The van der Waals surface area contributed by atoms with Crippen molar-refractivity contribution in [2.24, 2.45) is 5.92 Å². The van der Waals surface area contributed by atoms with Crippen LogP contribution in [0.3, 0.4) is 0 Å². The average molecular weight is 334 g/mol. The summed E-state index contributed by atoms with van der Waals surface area (Å²) in [6.45, 7) is 1.58. The lowest BCUT2D eigenvalue weighted by molar-refractivity contribution is -0.384. The minimum atomic E-state index is -0.714. The molecule has 24 heavy (non-hydrogen) atoms. The normalized spacial score (nSPS) is 26.5. The number of benzene rings is 1. The smallest absolute Gasteiger partial charge is 0.329 e. The minimum absolute atomic E-state index is 0.000143. The number of hydrogen-bond donors (Lipinski definition) is 1. The summed E-state index contributed by atoms with van der Waals surface area (Å²) in [6, 6.07) is 5.06. The molecule has 0 aromatic heterocycles. The number of fused-ring (bicyclic) bond motifs is 1. The second-order valence-electron chi connectivity index (χ2n) is 6.20. The first-order valence-corrected chi connectivity index (χ1v) is 7.80. The van der Waals surface area contributed by atoms with Gasteiger partial charge in [-0.15, -0.1) is 0 Å². The van der Waals surface area contributed by atoms with E-state index >= 15 is 0 Å². The topological polar surface area (TPSA) is 110 Å². The number of carbonyl (C=O) groups is 2. The Morgan fingerprint density at radius 3 is 2.67 bits per heavy atom. The molecule has 1 amide bonds. The van der Waals surface area contributed by atoms with E-state index in [-0.39, 0.29) is 24.2 Å². The van der Waals surface area contributed by atoms with Crippen LogP contribution in [0.1, 0.15) is 25.3 Å². The number of esters is 1. The molecule has 0 spiro atoms. The predicted molar refractivity (Wildman–Crippen MR) is 81.7 cm³/mol. The summed E-state index contributed by atoms with van der Waals surface area (Å²) < 4.78 is 5.24. The van der Waals surface area contributed by atoms with Crippen molar-refractivity contribution in [3.05, 3.63) is 39.9 Å². The highest BCUT2D eigenvalue weighted by molar-refractivity contribution is 5.92. The quantitative estimate of drug-likeness (QED) is 0.372. The number of hydrogen-bond acceptors (Lipinski definition) is 6. The molecule has 2 heterocycles. The first-order valence-electron chi connectivity index (χ1n) is 7.80. The van der Waals surface area contributed by atoms with Gasteiger partial charge in [-0.2, -0.15) is 0 Å². The zero-order valence-electron chi connectivity index (χ0n) is 13.1. The number of aliphatic hydroxyl groups is 1. The summed E-state index contributed by atoms with van der Waals surface area (Å²) in [7, 11) is 0. The van der Waals surface area contributed by atoms with Gasteiger partial charge in [0.15, 0.2) is 0 Å². The lowest BCUT2D eigenvalue weighted by Gasteiger charge is -2.46. The lowest BCUT2D eigenvalue weighted by Crippen LogP contribution is -2.64. The molecular weight excluding hydrogens is 316 g/mol. The van der Waals surface area contributed by atoms with E-state index in [1.165, 1.54) is 29.2 Å². The predicted octanol–water partition coefficient (Wildman–Crippen LogP) is 1.01. The van der Waals surface area contributed by atoms with Crippen molar-refractivity contribution >= 4 is 17.6 Å². The molecule has 3 rings (SSSR count). The largest absolute Gasteiger partial charge is 0.459 e. The van der Waals surface area contributed by atoms with Crippen molar-refractivity contribution in [1.82, 2.24) is 4.90 Å². The van der Waals surface area contributed by atoms with E-state index in [1.807, 2.05) is 0 Å². The highest BCUT2D eigenvalue weighted by Gasteiger charge is 2.57. The van der Waals surface area contributed by atoms with Crippen LogP contribution in [-0.2, 0) is 20.9 Å². The minimum Gasteiger partial charge on any atom is -0.459 e. The van der Waals surface area contributed by atoms with Gasteiger partial charge in [0.2, 0.25) is 5.91 Å². The van der Waals surface area contributed by atoms with E-state index < -0.39 is 29.0 Å². The monoisotopic (exact) mass is 334 g/mol. The number of aliphatic hydroxyl groups excluding tert-OH is 1. The van der Waals surface area contributed by atoms with Gasteiger partial charge in [-0.1, -0.05) is 0 Å². The second kappa shape index (κ2) is 6.20. The maximum Gasteiger partial charge on any atom is 0.329 e. The Kier molecular flexibility index (Phi) is 4.23. The van der Waals surface area contributed by atoms with Crippen molar-refractivity contribution in [3.63, 3.8) is 0 Å². The molecule has 1 aromatic carbocycles. The summed E-state index contributed by atoms with van der Waals surface area (Å²) in [6.07, 6.45) is 0.491. The Labute approximate surface area is 138 Å². The number of nitrogens with zero attached hydrogens (tertiary/aromatic N) is 2. The number of rotatable bonds is 5. The number of nitro groups is 1. The summed E-state index contributed by atoms with van der Waals surface area (Å²) in [4.78, 5) is 35.9. The average Bonchev–Trinajstić information content (AvgIpc) is 2.91. The molecule has 2 aliphatic heterocycles. The Balaban J connectivity index is 1.56. The second-order valence-corrected chi connectivity index (χ2v) is 6.20. The fraction of sp³-hybridized carbons (Fsp3) is 0.500. The van der Waals surface area contributed by atoms with Gasteiger partial charge in [-0.05, 0) is 37.5 Å². The molecule has 128 valence electrons. The zero-order chi connectivity index (χ0) is 17.4. The Bertz CT molecular complexity index is 672. The van der Waals surface area contributed by atoms with E-state index in [2.05, 4.69) is 0 Å². The molecule has 0 bridgehead atoms. The molecule has 0 aliphatic carbocycles. The molecule has 4 atom stereocenters. The molecule has 8 nitrogen and oxygen atoms in total. The highest BCUT2D eigenvalue weighted by Crippen LogP contribution is 2.41. The molecule has 2 aliphatic rings. The van der Waals surface area contributed by atoms with Crippen LogP contribution in [0.15, 0.2) is 24.3 Å². The van der Waals surface area contributed by atoms with Crippen LogP contribution in [0, 0.1) is 16.0 Å². The molecule has 1 aromatic rings. The number of ether oxygens (including phenoxy) is 1. The lowest BCUT2D eigenvalue weighted by atomic mass is 9.84. The molecule has 0 saturated carbocycles. The molecule has 1 N–H and O–H groups in total. The first-order chi connectivity index (χ1) is 11.4. The molecule has 0 radical (unpaired) electrons. The van der Waals surface area contributed by atoms with Crippen molar-refractivity contribution in [2.45, 2.75) is 44.6 Å². The Morgan fingerprint density at radius 2 is 2.08 bits per heavy atom. The van der Waals surface area contributed by atoms with E-state index in [0.29, 0.717) is 18.4 Å². The highest BCUT2D eigenvalue weighted by atomic mass is 16.6. The molecule has 8 heteroatoms. The molecule has 0 unspecified atom stereocenters. The van der Waals surface area contributed by atoms with Crippen LogP contribution in [0.25, 0.3) is 0 Å². The van der Waals surface area contributed by atoms with Gasteiger partial charge in [0.25, 0.3) is 5.69 Å². The summed E-state index contributed by atoms with van der Waals surface area (Å²) in [5, 5.41) is 20.2. The van der Waals surface area contributed by atoms with E-state index in [4.69, 9.17) is 4.74 Å². The fourth-order valence-electron chi connectivity index (χ4n) is 3.49. The number of amides is 1. The summed E-state index contributed by atoms with van der Waals surface area (Å²) in [5.74, 6) is -1.10. The van der Waals surface area contributed by atoms with E-state index in [0.717, 1.165) is 0 Å². The van der Waals surface area contributed by atoms with Gasteiger partial charge >= 0.3 is 5.97 Å². The standard InChI is InChI=1S/C16H18N2O6/c1-9(19)14-12-6-7-13(17(12)15(14)20)16(21)24-8-10-2-4-11(5-3-10)18(22)23/h2-5,9,12-14,19H,6-8H2,1H3/t9-,12-,13-,14-/m1/s1. The number of non-ortho nitro benzene ring substituents is 1. The van der Waals surface area contributed by atoms with Crippen molar-refractivity contribution in [3.8, 4) is 0 Å². The van der Waals surface area contributed by atoms with Gasteiger partial charge in [0.05, 0.1) is 16.9 Å². The third kappa shape index (κ3) is 2.73. The van der Waals surface area contributed by atoms with E-state index in [9.17, 15) is 24.8 Å². The maximum atomic E-state index is 12.2. The summed E-state index contributed by atoms with van der Waals surface area (Å²) in [5.41, 5.74) is 0.611. The van der Waals surface area contributed by atoms with Crippen LogP contribution < -0.4 is 0 Å². The van der Waals surface area contributed by atoms with Crippen LogP contribution in [0.4, 0.5) is 5.69 Å². The Morgan fingerprint density at radius 1 is 1.42 bits per heavy atom. The van der Waals surface area contributed by atoms with Crippen molar-refractivity contribution in [1.29, 1.82) is 0 Å².